The lowest BCUT2D eigenvalue weighted by molar-refractivity contribution is 0.668. The molecule has 3 aromatic heterocycles. The first-order chi connectivity index (χ1) is 25.3. The first kappa shape index (κ1) is 28.0. The Balaban J connectivity index is 1.21. The number of para-hydroxylation sites is 3. The van der Waals surface area contributed by atoms with Crippen LogP contribution in [0.4, 0.5) is 0 Å². The van der Waals surface area contributed by atoms with E-state index in [0.29, 0.717) is 0 Å². The van der Waals surface area contributed by atoms with E-state index in [9.17, 15) is 0 Å². The second-order valence-corrected chi connectivity index (χ2v) is 13.4. The third-order valence-corrected chi connectivity index (χ3v) is 10.5. The molecule has 0 amide bonds. The van der Waals surface area contributed by atoms with Gasteiger partial charge in [0.1, 0.15) is 11.2 Å². The number of hydrogen-bond acceptors (Lipinski definition) is 1. The number of benzene rings is 8. The van der Waals surface area contributed by atoms with Crippen LogP contribution in [0.15, 0.2) is 186 Å². The van der Waals surface area contributed by atoms with Gasteiger partial charge in [-0.15, -0.1) is 0 Å². The second kappa shape index (κ2) is 10.8. The van der Waals surface area contributed by atoms with E-state index in [1.54, 1.807) is 0 Å². The lowest BCUT2D eigenvalue weighted by Gasteiger charge is -2.14. The molecule has 0 fully saturated rings. The summed E-state index contributed by atoms with van der Waals surface area (Å²) in [7, 11) is 0. The van der Waals surface area contributed by atoms with Gasteiger partial charge in [-0.05, 0) is 82.9 Å². The van der Waals surface area contributed by atoms with Gasteiger partial charge in [-0.1, -0.05) is 115 Å². The van der Waals surface area contributed by atoms with Crippen LogP contribution in [0.3, 0.4) is 0 Å². The Morgan fingerprint density at radius 2 is 0.765 bits per heavy atom. The molecular formula is C48H30N2O. The maximum Gasteiger partial charge on any atom is 0.137 e. The summed E-state index contributed by atoms with van der Waals surface area (Å²) in [5.74, 6) is 0. The van der Waals surface area contributed by atoms with Gasteiger partial charge in [-0.25, -0.2) is 0 Å². The molecule has 0 saturated carbocycles. The molecule has 0 aliphatic rings. The van der Waals surface area contributed by atoms with Crippen LogP contribution in [-0.2, 0) is 0 Å². The van der Waals surface area contributed by atoms with Gasteiger partial charge in [0.05, 0.1) is 22.1 Å². The molecule has 11 aromatic rings. The Morgan fingerprint density at radius 1 is 0.275 bits per heavy atom. The maximum absolute atomic E-state index is 6.36. The smallest absolute Gasteiger partial charge is 0.137 e. The SMILES string of the molecule is c1ccc(-c2cc(-c3ccccc3)cc(-n3c4ccccc4c4cc5c(cc43)c3ccccc3n5-c3ccc4c(c3)oc3ccccc34)c2)cc1. The third-order valence-electron chi connectivity index (χ3n) is 10.5. The second-order valence-electron chi connectivity index (χ2n) is 13.4. The Morgan fingerprint density at radius 3 is 1.37 bits per heavy atom. The van der Waals surface area contributed by atoms with Crippen molar-refractivity contribution in [3.05, 3.63) is 182 Å². The van der Waals surface area contributed by atoms with Gasteiger partial charge in [0.15, 0.2) is 0 Å². The molecule has 0 radical (unpaired) electrons. The zero-order valence-corrected chi connectivity index (χ0v) is 27.6. The van der Waals surface area contributed by atoms with Crippen molar-refractivity contribution >= 4 is 65.6 Å². The van der Waals surface area contributed by atoms with Crippen LogP contribution >= 0.6 is 0 Å². The largest absolute Gasteiger partial charge is 0.456 e. The number of rotatable bonds is 4. The molecule has 0 spiro atoms. The minimum atomic E-state index is 0.893. The number of nitrogens with zero attached hydrogens (tertiary/aromatic N) is 2. The van der Waals surface area contributed by atoms with Crippen LogP contribution in [0.25, 0.3) is 99.2 Å². The fourth-order valence-electron chi connectivity index (χ4n) is 8.18. The topological polar surface area (TPSA) is 23.0 Å². The summed E-state index contributed by atoms with van der Waals surface area (Å²) in [6.07, 6.45) is 0. The molecule has 3 heteroatoms. The molecule has 3 nitrogen and oxygen atoms in total. The number of fused-ring (bicyclic) bond motifs is 9. The van der Waals surface area contributed by atoms with Gasteiger partial charge >= 0.3 is 0 Å². The molecule has 0 atom stereocenters. The normalized spacial score (nSPS) is 11.9. The molecule has 0 unspecified atom stereocenters. The first-order valence-corrected chi connectivity index (χ1v) is 17.4. The number of furan rings is 1. The van der Waals surface area contributed by atoms with Crippen LogP contribution in [0.5, 0.6) is 0 Å². The zero-order valence-electron chi connectivity index (χ0n) is 27.6. The van der Waals surface area contributed by atoms with Crippen LogP contribution in [0.1, 0.15) is 0 Å². The highest BCUT2D eigenvalue weighted by molar-refractivity contribution is 6.19. The van der Waals surface area contributed by atoms with E-state index in [-0.39, 0.29) is 0 Å². The molecule has 11 rings (SSSR count). The molecule has 3 heterocycles. The highest BCUT2D eigenvalue weighted by Gasteiger charge is 2.20. The standard InChI is InChI=1S/C48H30N2O/c1-3-13-31(14-4-1)33-25-34(32-15-5-2-6-16-32)27-36(26-33)50-44-21-11-8-18-38(44)42-29-45-41(30-46(42)50)37-17-7-10-20-43(37)49(45)35-23-24-40-39-19-9-12-22-47(39)51-48(40)28-35/h1-30H. The van der Waals surface area contributed by atoms with Gasteiger partial charge in [0.25, 0.3) is 0 Å². The summed E-state index contributed by atoms with van der Waals surface area (Å²) in [6.45, 7) is 0. The van der Waals surface area contributed by atoms with E-state index in [1.807, 2.05) is 12.1 Å². The maximum atomic E-state index is 6.36. The van der Waals surface area contributed by atoms with Crippen LogP contribution in [0.2, 0.25) is 0 Å². The van der Waals surface area contributed by atoms with E-state index in [1.165, 1.54) is 65.9 Å². The molecule has 0 aliphatic carbocycles. The fourth-order valence-corrected chi connectivity index (χ4v) is 8.18. The predicted octanol–water partition coefficient (Wildman–Crippen LogP) is 13.1. The highest BCUT2D eigenvalue weighted by Crippen LogP contribution is 2.41. The number of hydrogen-bond donors (Lipinski definition) is 0. The van der Waals surface area contributed by atoms with Crippen molar-refractivity contribution in [3.63, 3.8) is 0 Å². The van der Waals surface area contributed by atoms with Crippen LogP contribution in [0, 0.1) is 0 Å². The van der Waals surface area contributed by atoms with Crippen molar-refractivity contribution in [2.24, 2.45) is 0 Å². The van der Waals surface area contributed by atoms with Crippen molar-refractivity contribution < 1.29 is 4.42 Å². The van der Waals surface area contributed by atoms with Crippen molar-refractivity contribution in [1.82, 2.24) is 9.13 Å². The molecular weight excluding hydrogens is 621 g/mol. The van der Waals surface area contributed by atoms with E-state index in [2.05, 4.69) is 179 Å². The van der Waals surface area contributed by atoms with Gasteiger partial charge < -0.3 is 13.6 Å². The van der Waals surface area contributed by atoms with Crippen molar-refractivity contribution in [3.8, 4) is 33.6 Å². The van der Waals surface area contributed by atoms with E-state index >= 15 is 0 Å². The summed E-state index contributed by atoms with van der Waals surface area (Å²) in [6, 6.07) is 65.6. The van der Waals surface area contributed by atoms with Crippen molar-refractivity contribution in [1.29, 1.82) is 0 Å². The quantitative estimate of drug-likeness (QED) is 0.186. The summed E-state index contributed by atoms with van der Waals surface area (Å²) in [5, 5.41) is 7.16. The minimum Gasteiger partial charge on any atom is -0.456 e. The lowest BCUT2D eigenvalue weighted by atomic mass is 9.98. The Kier molecular flexibility index (Phi) is 5.96. The van der Waals surface area contributed by atoms with E-state index in [0.717, 1.165) is 33.3 Å². The van der Waals surface area contributed by atoms with Crippen molar-refractivity contribution in [2.45, 2.75) is 0 Å². The van der Waals surface area contributed by atoms with Gasteiger partial charge in [-0.2, -0.15) is 0 Å². The molecule has 0 N–H and O–H groups in total. The first-order valence-electron chi connectivity index (χ1n) is 17.4. The van der Waals surface area contributed by atoms with Gasteiger partial charge in [0.2, 0.25) is 0 Å². The monoisotopic (exact) mass is 650 g/mol. The molecule has 0 aliphatic heterocycles. The average molecular weight is 651 g/mol. The van der Waals surface area contributed by atoms with Crippen LogP contribution in [-0.4, -0.2) is 9.13 Å². The fraction of sp³-hybridized carbons (Fsp3) is 0. The average Bonchev–Trinajstić information content (AvgIpc) is 3.84. The molecule has 0 bridgehead atoms. The minimum absolute atomic E-state index is 0.893. The Labute approximate surface area is 293 Å². The van der Waals surface area contributed by atoms with E-state index in [4.69, 9.17) is 4.42 Å². The highest BCUT2D eigenvalue weighted by atomic mass is 16.3. The number of aromatic nitrogens is 2. The third kappa shape index (κ3) is 4.25. The molecule has 238 valence electrons. The molecule has 51 heavy (non-hydrogen) atoms. The predicted molar refractivity (Wildman–Crippen MR) is 213 cm³/mol. The van der Waals surface area contributed by atoms with Crippen molar-refractivity contribution in [2.75, 3.05) is 0 Å². The van der Waals surface area contributed by atoms with E-state index < -0.39 is 0 Å². The van der Waals surface area contributed by atoms with Crippen LogP contribution < -0.4 is 0 Å². The summed E-state index contributed by atoms with van der Waals surface area (Å²) >= 11 is 0. The Hall–Kier alpha value is -6.84. The molecule has 0 saturated heterocycles. The Bertz CT molecular complexity index is 3070. The zero-order chi connectivity index (χ0) is 33.5. The lowest BCUT2D eigenvalue weighted by Crippen LogP contribution is -1.96. The van der Waals surface area contributed by atoms with Gasteiger partial charge in [-0.3, -0.25) is 0 Å². The molecule has 8 aromatic carbocycles. The van der Waals surface area contributed by atoms with Gasteiger partial charge in [0, 0.05) is 49.8 Å². The summed E-state index contributed by atoms with van der Waals surface area (Å²) < 4.78 is 11.2. The summed E-state index contributed by atoms with van der Waals surface area (Å²) in [5.41, 5.74) is 13.5. The summed E-state index contributed by atoms with van der Waals surface area (Å²) in [4.78, 5) is 0.